The number of benzene rings is 2. The second-order valence-electron chi connectivity index (χ2n) is 8.83. The second-order valence-corrected chi connectivity index (χ2v) is 9.78. The van der Waals surface area contributed by atoms with E-state index in [2.05, 4.69) is 0 Å². The van der Waals surface area contributed by atoms with Gasteiger partial charge in [-0.3, -0.25) is 9.59 Å². The number of para-hydroxylation sites is 1. The van der Waals surface area contributed by atoms with Crippen LogP contribution in [0.5, 0.6) is 5.75 Å². The van der Waals surface area contributed by atoms with Crippen molar-refractivity contribution in [3.05, 3.63) is 77.2 Å². The van der Waals surface area contributed by atoms with Crippen molar-refractivity contribution >= 4 is 23.2 Å². The number of thiophene rings is 1. The van der Waals surface area contributed by atoms with Gasteiger partial charge in [0.05, 0.1) is 9.35 Å². The summed E-state index contributed by atoms with van der Waals surface area (Å²) in [6.07, 6.45) is 5.58. The lowest BCUT2D eigenvalue weighted by atomic mass is 10.1. The number of carboxylic acids is 1. The number of carbonyl (C=O) groups is 2. The molecule has 0 unspecified atom stereocenters. The number of ether oxygens (including phenoxy) is 1. The number of nitrogens with zero attached hydrogens (tertiary/aromatic N) is 1. The number of rotatable bonds is 12. The molecule has 1 aliphatic carbocycles. The summed E-state index contributed by atoms with van der Waals surface area (Å²) < 4.78 is 24.3. The Labute approximate surface area is 214 Å². The summed E-state index contributed by atoms with van der Waals surface area (Å²) >= 11 is 1.64. The van der Waals surface area contributed by atoms with E-state index in [9.17, 15) is 12.3 Å². The first-order valence-electron chi connectivity index (χ1n) is 13.3. The molecular weight excluding hydrogens is 458 g/mol. The van der Waals surface area contributed by atoms with Gasteiger partial charge in [0.25, 0.3) is 5.91 Å². The molecule has 35 heavy (non-hydrogen) atoms. The molecule has 5 nitrogen and oxygen atoms in total. The predicted molar refractivity (Wildman–Crippen MR) is 140 cm³/mol. The monoisotopic (exact) mass is 493 g/mol. The minimum Gasteiger partial charge on any atom is -0.493 e. The third-order valence-corrected chi connectivity index (χ3v) is 7.19. The summed E-state index contributed by atoms with van der Waals surface area (Å²) in [5.74, 6) is -0.718. The van der Waals surface area contributed by atoms with E-state index in [0.29, 0.717) is 36.3 Å². The Hall–Kier alpha value is -3.12. The van der Waals surface area contributed by atoms with Crippen molar-refractivity contribution in [2.45, 2.75) is 63.9 Å². The standard InChI is InChI=1S/C29H33NO4S/c31-28(32)14-2-1-7-19-34-26-12-6-3-9-24(26)21-30(25-10-4-5-11-25)29(33)23-17-15-22(16-18-23)27-13-8-20-35-27/h3,6,8-9,12-13,15-18,20,25H,1-2,4-5,7,10-11,14,19,21H2,(H,31,32)/i21D2. The number of carboxylic acid groups (broad SMARTS) is 1. The van der Waals surface area contributed by atoms with Crippen LogP contribution >= 0.6 is 11.3 Å². The van der Waals surface area contributed by atoms with E-state index in [4.69, 9.17) is 9.84 Å². The number of unbranched alkanes of at least 4 members (excludes halogenated alkanes) is 2. The van der Waals surface area contributed by atoms with Gasteiger partial charge in [0.2, 0.25) is 0 Å². The zero-order valence-electron chi connectivity index (χ0n) is 21.8. The van der Waals surface area contributed by atoms with Gasteiger partial charge in [-0.15, -0.1) is 11.3 Å². The lowest BCUT2D eigenvalue weighted by molar-refractivity contribution is -0.137. The lowest BCUT2D eigenvalue weighted by Gasteiger charge is -2.30. The molecule has 6 heteroatoms. The molecule has 1 heterocycles. The topological polar surface area (TPSA) is 66.8 Å². The summed E-state index contributed by atoms with van der Waals surface area (Å²) in [6.45, 7) is -1.72. The van der Waals surface area contributed by atoms with Crippen LogP contribution in [0.25, 0.3) is 10.4 Å². The van der Waals surface area contributed by atoms with Crippen LogP contribution in [0.2, 0.25) is 0 Å². The Balaban J connectivity index is 1.55. The Bertz CT molecular complexity index is 1170. The Morgan fingerprint density at radius 3 is 2.49 bits per heavy atom. The lowest BCUT2D eigenvalue weighted by Crippen LogP contribution is -2.38. The van der Waals surface area contributed by atoms with Crippen LogP contribution in [0, 0.1) is 0 Å². The van der Waals surface area contributed by atoms with Crippen molar-refractivity contribution in [3.8, 4) is 16.2 Å². The van der Waals surface area contributed by atoms with E-state index in [-0.39, 0.29) is 18.4 Å². The third kappa shape index (κ3) is 6.95. The van der Waals surface area contributed by atoms with Crippen LogP contribution in [-0.4, -0.2) is 34.5 Å². The number of carbonyl (C=O) groups excluding carboxylic acids is 1. The van der Waals surface area contributed by atoms with Crippen LogP contribution in [0.3, 0.4) is 0 Å². The van der Waals surface area contributed by atoms with Gasteiger partial charge in [0.15, 0.2) is 0 Å². The highest BCUT2D eigenvalue weighted by atomic mass is 32.1. The van der Waals surface area contributed by atoms with Crippen LogP contribution in [0.4, 0.5) is 0 Å². The zero-order valence-corrected chi connectivity index (χ0v) is 20.6. The number of hydrogen-bond acceptors (Lipinski definition) is 4. The average molecular weight is 494 g/mol. The highest BCUT2D eigenvalue weighted by Gasteiger charge is 2.28. The molecular formula is C29H33NO4S. The maximum Gasteiger partial charge on any atom is 0.303 e. The van der Waals surface area contributed by atoms with E-state index in [0.717, 1.165) is 42.5 Å². The van der Waals surface area contributed by atoms with Gasteiger partial charge in [0, 0.05) is 35.0 Å². The fourth-order valence-electron chi connectivity index (χ4n) is 4.38. The first-order valence-corrected chi connectivity index (χ1v) is 13.2. The van der Waals surface area contributed by atoms with E-state index >= 15 is 0 Å². The van der Waals surface area contributed by atoms with Crippen molar-refractivity contribution in [1.29, 1.82) is 0 Å². The van der Waals surface area contributed by atoms with Crippen LogP contribution < -0.4 is 4.74 Å². The summed E-state index contributed by atoms with van der Waals surface area (Å²) in [5.41, 5.74) is 1.83. The smallest absolute Gasteiger partial charge is 0.303 e. The van der Waals surface area contributed by atoms with Crippen LogP contribution in [0.1, 0.15) is 70.0 Å². The Morgan fingerprint density at radius 1 is 1.00 bits per heavy atom. The molecule has 0 bridgehead atoms. The molecule has 0 radical (unpaired) electrons. The van der Waals surface area contributed by atoms with Crippen molar-refractivity contribution in [2.24, 2.45) is 0 Å². The van der Waals surface area contributed by atoms with Gasteiger partial charge in [-0.2, -0.15) is 0 Å². The number of aliphatic carboxylic acids is 1. The molecule has 0 aliphatic heterocycles. The Kier molecular flexibility index (Phi) is 8.01. The highest BCUT2D eigenvalue weighted by molar-refractivity contribution is 7.13. The van der Waals surface area contributed by atoms with Gasteiger partial charge in [-0.1, -0.05) is 49.2 Å². The molecule has 1 saturated carbocycles. The SMILES string of the molecule is [2H]C([2H])(c1ccccc1OCCCCCC(=O)O)N(C(=O)c1ccc(-c2cccs2)cc1)C1CCCC1. The minimum atomic E-state index is -2.07. The summed E-state index contributed by atoms with van der Waals surface area (Å²) in [6, 6.07) is 18.2. The van der Waals surface area contributed by atoms with E-state index in [1.54, 1.807) is 47.7 Å². The molecule has 1 N–H and O–H groups in total. The summed E-state index contributed by atoms with van der Waals surface area (Å²) in [5, 5.41) is 10.8. The molecule has 4 rings (SSSR count). The van der Waals surface area contributed by atoms with Crippen molar-refractivity contribution < 1.29 is 22.2 Å². The maximum absolute atomic E-state index is 13.8. The van der Waals surface area contributed by atoms with Gasteiger partial charge < -0.3 is 14.7 Å². The van der Waals surface area contributed by atoms with Gasteiger partial charge in [-0.05, 0) is 67.3 Å². The fourth-order valence-corrected chi connectivity index (χ4v) is 5.11. The highest BCUT2D eigenvalue weighted by Crippen LogP contribution is 2.30. The molecule has 0 atom stereocenters. The molecule has 2 aromatic carbocycles. The number of hydrogen-bond donors (Lipinski definition) is 1. The first-order chi connectivity index (χ1) is 17.9. The van der Waals surface area contributed by atoms with E-state index in [1.165, 1.54) is 4.90 Å². The zero-order chi connectivity index (χ0) is 26.3. The largest absolute Gasteiger partial charge is 0.493 e. The van der Waals surface area contributed by atoms with Gasteiger partial charge in [0.1, 0.15) is 5.75 Å². The molecule has 1 fully saturated rings. The quantitative estimate of drug-likeness (QED) is 0.275. The van der Waals surface area contributed by atoms with E-state index in [1.807, 2.05) is 29.6 Å². The van der Waals surface area contributed by atoms with Crippen molar-refractivity contribution in [2.75, 3.05) is 6.61 Å². The van der Waals surface area contributed by atoms with Crippen molar-refractivity contribution in [3.63, 3.8) is 0 Å². The van der Waals surface area contributed by atoms with E-state index < -0.39 is 12.5 Å². The maximum atomic E-state index is 13.8. The molecule has 0 saturated heterocycles. The minimum absolute atomic E-state index is 0.131. The molecule has 1 aliphatic rings. The summed E-state index contributed by atoms with van der Waals surface area (Å²) in [7, 11) is 0. The fraction of sp³-hybridized carbons (Fsp3) is 0.379. The molecule has 0 spiro atoms. The van der Waals surface area contributed by atoms with Gasteiger partial charge in [-0.25, -0.2) is 0 Å². The molecule has 1 aromatic heterocycles. The molecule has 1 amide bonds. The summed E-state index contributed by atoms with van der Waals surface area (Å²) in [4.78, 5) is 27.1. The molecule has 184 valence electrons. The second kappa shape index (κ2) is 12.5. The molecule has 3 aromatic rings. The third-order valence-electron chi connectivity index (χ3n) is 6.27. The average Bonchev–Trinajstić information content (AvgIpc) is 3.61. The Morgan fingerprint density at radius 2 is 1.77 bits per heavy atom. The van der Waals surface area contributed by atoms with Gasteiger partial charge >= 0.3 is 5.97 Å². The van der Waals surface area contributed by atoms with Crippen LogP contribution in [-0.2, 0) is 11.3 Å². The normalized spacial score (nSPS) is 14.9. The number of amides is 1. The predicted octanol–water partition coefficient (Wildman–Crippen LogP) is 7.02. The van der Waals surface area contributed by atoms with Crippen molar-refractivity contribution in [1.82, 2.24) is 4.90 Å². The van der Waals surface area contributed by atoms with Crippen LogP contribution in [0.15, 0.2) is 66.0 Å². The first kappa shape index (κ1) is 22.4.